The maximum absolute atomic E-state index is 15.4. The summed E-state index contributed by atoms with van der Waals surface area (Å²) in [4.78, 5) is 13.4. The van der Waals surface area contributed by atoms with Crippen molar-refractivity contribution in [2.24, 2.45) is 0 Å². The molecule has 3 N–H and O–H groups in total. The Morgan fingerprint density at radius 1 is 1.21 bits per heavy atom. The molecule has 206 valence electrons. The summed E-state index contributed by atoms with van der Waals surface area (Å²) in [6.07, 6.45) is -4.98. The van der Waals surface area contributed by atoms with Crippen molar-refractivity contribution in [3.05, 3.63) is 47.4 Å². The van der Waals surface area contributed by atoms with Gasteiger partial charge in [-0.15, -0.1) is 8.78 Å². The lowest BCUT2D eigenvalue weighted by Crippen LogP contribution is -2.39. The van der Waals surface area contributed by atoms with Crippen molar-refractivity contribution in [3.8, 4) is 23.3 Å². The fraction of sp³-hybridized carbons (Fsp3) is 0.407. The Bertz CT molecular complexity index is 1530. The third-order valence-corrected chi connectivity index (χ3v) is 7.16. The number of hydrogen-bond acceptors (Lipinski definition) is 7. The zero-order valence-corrected chi connectivity index (χ0v) is 21.3. The second kappa shape index (κ2) is 9.07. The minimum absolute atomic E-state index is 0.00230. The monoisotopic (exact) mass is 545 g/mol. The summed E-state index contributed by atoms with van der Waals surface area (Å²) >= 11 is 0. The number of anilines is 1. The van der Waals surface area contributed by atoms with Crippen LogP contribution in [-0.2, 0) is 22.2 Å². The summed E-state index contributed by atoms with van der Waals surface area (Å²) in [5.41, 5.74) is -0.938. The van der Waals surface area contributed by atoms with Crippen LogP contribution in [0.3, 0.4) is 0 Å². The van der Waals surface area contributed by atoms with Gasteiger partial charge in [-0.2, -0.15) is 5.26 Å². The van der Waals surface area contributed by atoms with Crippen molar-refractivity contribution in [2.75, 3.05) is 18.5 Å². The Labute approximate surface area is 221 Å². The molecule has 0 radical (unpaired) electrons. The van der Waals surface area contributed by atoms with Gasteiger partial charge in [0, 0.05) is 40.7 Å². The number of fused-ring (bicyclic) bond motifs is 3. The lowest BCUT2D eigenvalue weighted by molar-refractivity contribution is -0.286. The van der Waals surface area contributed by atoms with Crippen molar-refractivity contribution in [3.63, 3.8) is 0 Å². The van der Waals surface area contributed by atoms with Crippen LogP contribution in [0.15, 0.2) is 30.3 Å². The second-order valence-electron chi connectivity index (χ2n) is 10.6. The molecule has 2 aliphatic heterocycles. The number of alkyl halides is 2. The zero-order chi connectivity index (χ0) is 28.3. The Balaban J connectivity index is 1.49. The predicted molar refractivity (Wildman–Crippen MR) is 132 cm³/mol. The molecule has 2 atom stereocenters. The van der Waals surface area contributed by atoms with Crippen LogP contribution in [0.25, 0.3) is 10.9 Å². The highest BCUT2D eigenvalue weighted by atomic mass is 19.3. The molecule has 1 amide bonds. The highest BCUT2D eigenvalue weighted by molar-refractivity contribution is 6.01. The number of aliphatic hydroxyl groups excluding tert-OH is 2. The number of nitrogens with zero attached hydrogens (tertiary/aromatic N) is 2. The van der Waals surface area contributed by atoms with E-state index in [1.54, 1.807) is 31.4 Å². The number of carbonyl (C=O) groups excluding carboxylic acids is 1. The van der Waals surface area contributed by atoms with Crippen molar-refractivity contribution in [2.45, 2.75) is 57.0 Å². The maximum atomic E-state index is 15.4. The molecule has 0 saturated carbocycles. The number of ether oxygens (including phenoxy) is 3. The smallest absolute Gasteiger partial charge is 0.492 e. The Morgan fingerprint density at radius 2 is 1.90 bits per heavy atom. The summed E-state index contributed by atoms with van der Waals surface area (Å²) in [5, 5.41) is 32.3. The van der Waals surface area contributed by atoms with Gasteiger partial charge >= 0.3 is 6.29 Å². The first-order valence-electron chi connectivity index (χ1n) is 12.2. The number of rotatable bonds is 7. The molecule has 0 saturated heterocycles. The van der Waals surface area contributed by atoms with Gasteiger partial charge in [0.1, 0.15) is 23.6 Å². The van der Waals surface area contributed by atoms with E-state index in [-0.39, 0.29) is 54.7 Å². The predicted octanol–water partition coefficient (Wildman–Crippen LogP) is 3.94. The van der Waals surface area contributed by atoms with Gasteiger partial charge in [0.2, 0.25) is 5.91 Å². The van der Waals surface area contributed by atoms with Gasteiger partial charge in [-0.3, -0.25) is 4.79 Å². The Kier molecular flexibility index (Phi) is 6.19. The van der Waals surface area contributed by atoms with Crippen molar-refractivity contribution >= 4 is 22.5 Å². The first-order chi connectivity index (χ1) is 18.3. The van der Waals surface area contributed by atoms with E-state index in [0.717, 1.165) is 0 Å². The number of benzene rings is 2. The number of amides is 1. The molecule has 39 heavy (non-hydrogen) atoms. The van der Waals surface area contributed by atoms with Crippen LogP contribution >= 0.6 is 0 Å². The molecule has 0 spiro atoms. The van der Waals surface area contributed by atoms with E-state index in [1.807, 2.05) is 6.07 Å². The van der Waals surface area contributed by atoms with Crippen molar-refractivity contribution in [1.82, 2.24) is 4.57 Å². The summed E-state index contributed by atoms with van der Waals surface area (Å²) in [5.74, 6) is -1.68. The molecule has 1 aromatic heterocycles. The van der Waals surface area contributed by atoms with E-state index in [2.05, 4.69) is 14.8 Å². The Hall–Kier alpha value is -3.95. The molecule has 0 aliphatic carbocycles. The average Bonchev–Trinajstić information content (AvgIpc) is 3.48. The molecule has 1 unspecified atom stereocenters. The van der Waals surface area contributed by atoms with Crippen LogP contribution < -0.4 is 19.5 Å². The normalized spacial score (nSPS) is 19.9. The van der Waals surface area contributed by atoms with Crippen molar-refractivity contribution in [1.29, 1.82) is 5.26 Å². The van der Waals surface area contributed by atoms with Crippen LogP contribution in [-0.4, -0.2) is 46.3 Å². The number of nitrogens with one attached hydrogen (secondary N) is 1. The molecule has 9 nitrogen and oxygen atoms in total. The van der Waals surface area contributed by atoms with E-state index in [4.69, 9.17) is 10.00 Å². The molecule has 3 heterocycles. The van der Waals surface area contributed by atoms with E-state index < -0.39 is 35.0 Å². The third-order valence-electron chi connectivity index (χ3n) is 7.16. The van der Waals surface area contributed by atoms with Gasteiger partial charge in [0.15, 0.2) is 11.5 Å². The molecule has 5 rings (SSSR count). The highest BCUT2D eigenvalue weighted by Gasteiger charge is 2.49. The van der Waals surface area contributed by atoms with Crippen LogP contribution in [0.2, 0.25) is 0 Å². The van der Waals surface area contributed by atoms with Gasteiger partial charge in [-0.1, -0.05) is 13.8 Å². The summed E-state index contributed by atoms with van der Waals surface area (Å²) in [6.45, 7) is 4.76. The number of carbonyl (C=O) groups is 1. The molecule has 2 aromatic carbocycles. The number of halogens is 3. The molecule has 2 aliphatic rings. The number of aromatic nitrogens is 1. The number of nitriles is 1. The van der Waals surface area contributed by atoms with E-state index in [9.17, 15) is 23.8 Å². The van der Waals surface area contributed by atoms with Crippen LogP contribution in [0.4, 0.5) is 18.9 Å². The van der Waals surface area contributed by atoms with Gasteiger partial charge in [-0.05, 0) is 25.1 Å². The van der Waals surface area contributed by atoms with Gasteiger partial charge in [0.05, 0.1) is 36.4 Å². The summed E-state index contributed by atoms with van der Waals surface area (Å²) in [6, 6.07) is 8.77. The highest BCUT2D eigenvalue weighted by Crippen LogP contribution is 2.50. The van der Waals surface area contributed by atoms with Gasteiger partial charge < -0.3 is 34.3 Å². The quantitative estimate of drug-likeness (QED) is 0.411. The topological polar surface area (TPSA) is 126 Å². The number of hydrogen-bond donors (Lipinski definition) is 3. The van der Waals surface area contributed by atoms with Gasteiger partial charge in [0.25, 0.3) is 0 Å². The summed E-state index contributed by atoms with van der Waals surface area (Å²) < 4.78 is 58.6. The maximum Gasteiger partial charge on any atom is 0.586 e. The minimum Gasteiger partial charge on any atom is -0.492 e. The van der Waals surface area contributed by atoms with E-state index in [1.165, 1.54) is 24.3 Å². The van der Waals surface area contributed by atoms with Crippen LogP contribution in [0.5, 0.6) is 17.2 Å². The molecular weight excluding hydrogens is 519 g/mol. The first kappa shape index (κ1) is 26.6. The minimum atomic E-state index is -3.83. The zero-order valence-electron chi connectivity index (χ0n) is 21.3. The van der Waals surface area contributed by atoms with Crippen molar-refractivity contribution < 1.29 is 42.4 Å². The van der Waals surface area contributed by atoms with E-state index in [0.29, 0.717) is 16.6 Å². The molecule has 12 heteroatoms. The number of aliphatic hydroxyl groups is 2. The lowest BCUT2D eigenvalue weighted by atomic mass is 9.83. The molecule has 0 fully saturated rings. The fourth-order valence-electron chi connectivity index (χ4n) is 4.87. The largest absolute Gasteiger partial charge is 0.586 e. The third kappa shape index (κ3) is 4.51. The first-order valence-corrected chi connectivity index (χ1v) is 12.2. The second-order valence-corrected chi connectivity index (χ2v) is 10.6. The lowest BCUT2D eigenvalue weighted by Gasteiger charge is -2.25. The van der Waals surface area contributed by atoms with Crippen LogP contribution in [0, 0.1) is 17.1 Å². The standard InChI is InChI=1S/C27H26F3N3O6/c1-25(2,12-34)23-7-14-6-18(17(28)9-19(14)33(23)11-15(35)4-5-31)32-24(36)26(3)13-37-20-10-22-21(8-16(20)26)38-27(29,30)39-22/h6-10,15,34-35H,4,11-13H2,1-3H3,(H,32,36)/t15-,26?/m0/s1. The van der Waals surface area contributed by atoms with E-state index >= 15 is 4.39 Å². The average molecular weight is 546 g/mol. The molecule has 0 bridgehead atoms. The van der Waals surface area contributed by atoms with Gasteiger partial charge in [-0.25, -0.2) is 4.39 Å². The fourth-order valence-corrected chi connectivity index (χ4v) is 4.87. The van der Waals surface area contributed by atoms with Crippen LogP contribution in [0.1, 0.15) is 38.4 Å². The summed E-state index contributed by atoms with van der Waals surface area (Å²) in [7, 11) is 0. The Morgan fingerprint density at radius 3 is 2.56 bits per heavy atom. The molecule has 3 aromatic rings. The molecular formula is C27H26F3N3O6. The SMILES string of the molecule is CC(C)(CO)c1cc2cc(NC(=O)C3(C)COc4cc5c(cc43)OC(F)(F)O5)c(F)cc2n1C[C@@H](O)CC#N.